The quantitative estimate of drug-likeness (QED) is 0.879. The molecule has 1 aliphatic heterocycles. The van der Waals surface area contributed by atoms with Gasteiger partial charge in [0.05, 0.1) is 11.6 Å². The second-order valence-corrected chi connectivity index (χ2v) is 6.69. The molecule has 1 amide bonds. The molecule has 3 heterocycles. The van der Waals surface area contributed by atoms with Gasteiger partial charge in [-0.1, -0.05) is 12.1 Å². The van der Waals surface area contributed by atoms with Crippen LogP contribution in [0.4, 0.5) is 5.82 Å². The molecule has 0 bridgehead atoms. The van der Waals surface area contributed by atoms with E-state index in [1.54, 1.807) is 24.5 Å². The van der Waals surface area contributed by atoms with Gasteiger partial charge in [0.25, 0.3) is 5.91 Å². The summed E-state index contributed by atoms with van der Waals surface area (Å²) >= 11 is 0. The van der Waals surface area contributed by atoms with Crippen LogP contribution in [0.5, 0.6) is 0 Å². The van der Waals surface area contributed by atoms with Crippen LogP contribution in [-0.2, 0) is 9.59 Å². The fourth-order valence-electron chi connectivity index (χ4n) is 3.75. The van der Waals surface area contributed by atoms with Crippen molar-refractivity contribution in [2.75, 3.05) is 5.32 Å². The molecule has 6 heteroatoms. The number of ketones is 1. The van der Waals surface area contributed by atoms with Crippen LogP contribution >= 0.6 is 0 Å². The van der Waals surface area contributed by atoms with Crippen molar-refractivity contribution in [1.82, 2.24) is 15.3 Å². The van der Waals surface area contributed by atoms with Crippen LogP contribution in [0.2, 0.25) is 0 Å². The summed E-state index contributed by atoms with van der Waals surface area (Å²) in [4.78, 5) is 34.5. The van der Waals surface area contributed by atoms with Crippen molar-refractivity contribution in [2.45, 2.75) is 32.1 Å². The normalized spacial score (nSPS) is 19.4. The van der Waals surface area contributed by atoms with Crippen LogP contribution in [0.25, 0.3) is 0 Å². The van der Waals surface area contributed by atoms with Gasteiger partial charge in [-0.3, -0.25) is 14.6 Å². The lowest BCUT2D eigenvalue weighted by Gasteiger charge is -2.33. The zero-order chi connectivity index (χ0) is 18.8. The highest BCUT2D eigenvalue weighted by Gasteiger charge is 2.39. The first-order valence-corrected chi connectivity index (χ1v) is 9.02. The molecule has 0 spiro atoms. The lowest BCUT2D eigenvalue weighted by molar-refractivity contribution is -0.116. The summed E-state index contributed by atoms with van der Waals surface area (Å²) in [5, 5.41) is 6.14. The Hall–Kier alpha value is -3.28. The number of carbonyl (C=O) groups is 2. The number of nitrogens with zero attached hydrogens (tertiary/aromatic N) is 2. The van der Waals surface area contributed by atoms with Crippen molar-refractivity contribution >= 4 is 17.5 Å². The van der Waals surface area contributed by atoms with Gasteiger partial charge in [0.1, 0.15) is 5.82 Å². The number of anilines is 1. The van der Waals surface area contributed by atoms with Crippen LogP contribution in [0.3, 0.4) is 0 Å². The van der Waals surface area contributed by atoms with E-state index in [0.717, 1.165) is 24.2 Å². The third-order valence-electron chi connectivity index (χ3n) is 4.91. The van der Waals surface area contributed by atoms with Crippen molar-refractivity contribution in [1.29, 1.82) is 0 Å². The Morgan fingerprint density at radius 2 is 1.89 bits per heavy atom. The van der Waals surface area contributed by atoms with Crippen LogP contribution in [0.1, 0.15) is 37.8 Å². The van der Waals surface area contributed by atoms with E-state index >= 15 is 0 Å². The second kappa shape index (κ2) is 7.15. The van der Waals surface area contributed by atoms with E-state index < -0.39 is 5.92 Å². The Kier molecular flexibility index (Phi) is 4.54. The molecule has 27 heavy (non-hydrogen) atoms. The maximum absolute atomic E-state index is 13.1. The number of carbonyl (C=O) groups excluding carboxylic acids is 2. The van der Waals surface area contributed by atoms with E-state index in [4.69, 9.17) is 0 Å². The fraction of sp³-hybridized carbons (Fsp3) is 0.238. The molecular formula is C21H20N4O2. The molecule has 2 aliphatic rings. The Balaban J connectivity index is 1.78. The average molecular weight is 360 g/mol. The van der Waals surface area contributed by atoms with E-state index in [1.807, 2.05) is 31.2 Å². The Morgan fingerprint density at radius 3 is 2.59 bits per heavy atom. The van der Waals surface area contributed by atoms with Crippen LogP contribution in [0.15, 0.2) is 71.3 Å². The molecule has 0 aromatic carbocycles. The Labute approximate surface area is 157 Å². The molecule has 2 aromatic rings. The lowest BCUT2D eigenvalue weighted by Crippen LogP contribution is -2.35. The van der Waals surface area contributed by atoms with Crippen LogP contribution in [0, 0.1) is 0 Å². The van der Waals surface area contributed by atoms with Gasteiger partial charge in [0, 0.05) is 41.4 Å². The topological polar surface area (TPSA) is 84.0 Å². The molecule has 2 aromatic heterocycles. The van der Waals surface area contributed by atoms with Crippen molar-refractivity contribution in [2.24, 2.45) is 0 Å². The maximum Gasteiger partial charge on any atom is 0.255 e. The highest BCUT2D eigenvalue weighted by molar-refractivity contribution is 6.09. The van der Waals surface area contributed by atoms with Gasteiger partial charge in [0.2, 0.25) is 0 Å². The number of hydrogen-bond acceptors (Lipinski definition) is 5. The number of Topliss-reactive ketones (excluding diaryl/α,β-unsaturated/α-hetero) is 1. The number of allylic oxidation sites excluding steroid dienone is 3. The predicted octanol–water partition coefficient (Wildman–Crippen LogP) is 3.08. The predicted molar refractivity (Wildman–Crippen MR) is 102 cm³/mol. The van der Waals surface area contributed by atoms with Gasteiger partial charge in [0.15, 0.2) is 5.78 Å². The molecule has 2 N–H and O–H groups in total. The summed E-state index contributed by atoms with van der Waals surface area (Å²) in [5.74, 6) is -0.203. The summed E-state index contributed by atoms with van der Waals surface area (Å²) in [7, 11) is 0. The number of aromatic nitrogens is 2. The van der Waals surface area contributed by atoms with E-state index in [1.165, 1.54) is 0 Å². The van der Waals surface area contributed by atoms with E-state index in [9.17, 15) is 9.59 Å². The van der Waals surface area contributed by atoms with Gasteiger partial charge in [-0.25, -0.2) is 4.98 Å². The minimum atomic E-state index is -0.473. The highest BCUT2D eigenvalue weighted by Crippen LogP contribution is 2.41. The molecule has 4 rings (SSSR count). The molecule has 0 saturated heterocycles. The number of pyridine rings is 2. The molecule has 0 radical (unpaired) electrons. The largest absolute Gasteiger partial charge is 0.362 e. The molecule has 6 nitrogen and oxygen atoms in total. The van der Waals surface area contributed by atoms with Gasteiger partial charge >= 0.3 is 0 Å². The molecule has 136 valence electrons. The SMILES string of the molecule is CC1=C(C(=O)Nc2ccccn2)C(c2ccccn2)C2=C(CCCC2=O)N1. The zero-order valence-electron chi connectivity index (χ0n) is 15.0. The Morgan fingerprint density at radius 1 is 1.11 bits per heavy atom. The smallest absolute Gasteiger partial charge is 0.255 e. The van der Waals surface area contributed by atoms with Crippen molar-refractivity contribution in [3.63, 3.8) is 0 Å². The van der Waals surface area contributed by atoms with E-state index in [-0.39, 0.29) is 11.7 Å². The zero-order valence-corrected chi connectivity index (χ0v) is 15.0. The summed E-state index contributed by atoms with van der Waals surface area (Å²) in [6.07, 6.45) is 5.43. The maximum atomic E-state index is 13.1. The number of nitrogens with one attached hydrogen (secondary N) is 2. The van der Waals surface area contributed by atoms with Gasteiger partial charge in [-0.15, -0.1) is 0 Å². The second-order valence-electron chi connectivity index (χ2n) is 6.69. The van der Waals surface area contributed by atoms with Crippen LogP contribution in [-0.4, -0.2) is 21.7 Å². The summed E-state index contributed by atoms with van der Waals surface area (Å²) in [6, 6.07) is 10.9. The number of rotatable bonds is 3. The highest BCUT2D eigenvalue weighted by atomic mass is 16.2. The summed E-state index contributed by atoms with van der Waals surface area (Å²) < 4.78 is 0. The standard InChI is InChI=1S/C21H20N4O2/c1-13-18(21(27)25-17-10-3-5-12-23-17)20(14-7-2-4-11-22-14)19-15(24-13)8-6-9-16(19)26/h2-5,7,10-12,20,24H,6,8-9H2,1H3,(H,23,25,27). The number of dihydropyridines is 1. The van der Waals surface area contributed by atoms with Gasteiger partial charge in [-0.2, -0.15) is 0 Å². The van der Waals surface area contributed by atoms with Crippen molar-refractivity contribution in [3.8, 4) is 0 Å². The van der Waals surface area contributed by atoms with E-state index in [0.29, 0.717) is 29.1 Å². The fourth-order valence-corrected chi connectivity index (χ4v) is 3.75. The van der Waals surface area contributed by atoms with Gasteiger partial charge < -0.3 is 10.6 Å². The third kappa shape index (κ3) is 3.26. The molecule has 0 fully saturated rings. The first-order chi connectivity index (χ1) is 13.1. The third-order valence-corrected chi connectivity index (χ3v) is 4.91. The minimum Gasteiger partial charge on any atom is -0.362 e. The Bertz CT molecular complexity index is 949. The first kappa shape index (κ1) is 17.1. The monoisotopic (exact) mass is 360 g/mol. The van der Waals surface area contributed by atoms with Crippen LogP contribution < -0.4 is 10.6 Å². The molecule has 1 aliphatic carbocycles. The lowest BCUT2D eigenvalue weighted by atomic mass is 9.76. The first-order valence-electron chi connectivity index (χ1n) is 9.02. The minimum absolute atomic E-state index is 0.0787. The summed E-state index contributed by atoms with van der Waals surface area (Å²) in [6.45, 7) is 1.87. The average Bonchev–Trinajstić information content (AvgIpc) is 2.68. The molecular weight excluding hydrogens is 340 g/mol. The van der Waals surface area contributed by atoms with Crippen molar-refractivity contribution < 1.29 is 9.59 Å². The number of amides is 1. The molecule has 1 atom stereocenters. The van der Waals surface area contributed by atoms with E-state index in [2.05, 4.69) is 20.6 Å². The number of hydrogen-bond donors (Lipinski definition) is 2. The van der Waals surface area contributed by atoms with Crippen molar-refractivity contribution in [3.05, 3.63) is 77.0 Å². The van der Waals surface area contributed by atoms with Gasteiger partial charge in [-0.05, 0) is 44.0 Å². The molecule has 0 saturated carbocycles. The summed E-state index contributed by atoms with van der Waals surface area (Å²) in [5.41, 5.74) is 3.53. The molecule has 1 unspecified atom stereocenters.